The van der Waals surface area contributed by atoms with Crippen LogP contribution in [0, 0.1) is 0 Å². The molecular formula is C42H46O10. The lowest BCUT2D eigenvalue weighted by molar-refractivity contribution is 0.0465. The van der Waals surface area contributed by atoms with Gasteiger partial charge in [0.15, 0.2) is 0 Å². The number of hydrogen-bond acceptors (Lipinski definition) is 10. The number of unbranched alkanes of at least 4 members (excludes halogenated alkanes) is 3. The summed E-state index contributed by atoms with van der Waals surface area (Å²) in [6, 6.07) is 26.3. The molecule has 0 bridgehead atoms. The van der Waals surface area contributed by atoms with E-state index < -0.39 is 24.0 Å². The Balaban J connectivity index is 1.21. The maximum absolute atomic E-state index is 13.3. The minimum atomic E-state index is -0.770. The van der Waals surface area contributed by atoms with Crippen molar-refractivity contribution in [3.63, 3.8) is 0 Å². The molecular weight excluding hydrogens is 664 g/mol. The number of aliphatic hydroxyl groups is 1. The monoisotopic (exact) mass is 710 g/mol. The largest absolute Gasteiger partial charge is 0.494 e. The molecule has 1 N–H and O–H groups in total. The molecule has 4 aromatic carbocycles. The summed E-state index contributed by atoms with van der Waals surface area (Å²) in [6.45, 7) is 6.47. The van der Waals surface area contributed by atoms with Crippen molar-refractivity contribution >= 4 is 17.9 Å². The number of benzene rings is 4. The molecule has 1 aliphatic heterocycles. The Morgan fingerprint density at radius 2 is 1.44 bits per heavy atom. The lowest BCUT2D eigenvalue weighted by Gasteiger charge is -2.14. The average molecular weight is 711 g/mol. The highest BCUT2D eigenvalue weighted by Crippen LogP contribution is 2.30. The summed E-state index contributed by atoms with van der Waals surface area (Å²) in [5.74, 6) is -1.51. The molecule has 0 spiro atoms. The van der Waals surface area contributed by atoms with E-state index in [0.29, 0.717) is 37.6 Å². The zero-order chi connectivity index (χ0) is 36.8. The van der Waals surface area contributed by atoms with E-state index in [-0.39, 0.29) is 40.4 Å². The van der Waals surface area contributed by atoms with Crippen LogP contribution in [0.4, 0.5) is 0 Å². The maximum Gasteiger partial charge on any atom is 0.343 e. The van der Waals surface area contributed by atoms with Crippen LogP contribution < -0.4 is 14.2 Å². The number of rotatable bonds is 20. The first-order valence-electron chi connectivity index (χ1n) is 17.7. The Kier molecular flexibility index (Phi) is 14.0. The van der Waals surface area contributed by atoms with E-state index >= 15 is 0 Å². The van der Waals surface area contributed by atoms with Crippen LogP contribution in [0.15, 0.2) is 97.1 Å². The number of carbonyl (C=O) groups is 3. The third kappa shape index (κ3) is 11.8. The summed E-state index contributed by atoms with van der Waals surface area (Å²) in [4.78, 5) is 39.5. The molecule has 2 atom stereocenters. The summed E-state index contributed by atoms with van der Waals surface area (Å²) in [6.07, 6.45) is 4.81. The van der Waals surface area contributed by atoms with Crippen molar-refractivity contribution in [3.8, 4) is 17.2 Å². The second kappa shape index (κ2) is 19.0. The van der Waals surface area contributed by atoms with Crippen LogP contribution in [0.2, 0.25) is 0 Å². The summed E-state index contributed by atoms with van der Waals surface area (Å²) >= 11 is 0. The van der Waals surface area contributed by atoms with Crippen molar-refractivity contribution in [2.45, 2.75) is 70.7 Å². The number of esters is 3. The van der Waals surface area contributed by atoms with Gasteiger partial charge in [-0.2, -0.15) is 0 Å². The quantitative estimate of drug-likeness (QED) is 0.0416. The van der Waals surface area contributed by atoms with Crippen LogP contribution in [-0.4, -0.2) is 55.0 Å². The minimum Gasteiger partial charge on any atom is -0.494 e. The van der Waals surface area contributed by atoms with Crippen LogP contribution in [0.3, 0.4) is 0 Å². The molecule has 10 heteroatoms. The van der Waals surface area contributed by atoms with Gasteiger partial charge in [-0.1, -0.05) is 68.7 Å². The molecule has 4 aromatic rings. The lowest BCUT2D eigenvalue weighted by atomic mass is 10.0. The smallest absolute Gasteiger partial charge is 0.343 e. The van der Waals surface area contributed by atoms with Crippen LogP contribution in [-0.2, 0) is 20.8 Å². The van der Waals surface area contributed by atoms with Crippen LogP contribution in [0.5, 0.6) is 17.2 Å². The first-order valence-corrected chi connectivity index (χ1v) is 17.7. The van der Waals surface area contributed by atoms with Crippen molar-refractivity contribution in [3.05, 3.63) is 125 Å². The fraction of sp³-hybridized carbons (Fsp3) is 0.357. The third-order valence-corrected chi connectivity index (χ3v) is 8.63. The molecule has 274 valence electrons. The van der Waals surface area contributed by atoms with E-state index in [4.69, 9.17) is 28.4 Å². The molecule has 0 aliphatic carbocycles. The molecule has 0 aromatic heterocycles. The molecule has 1 fully saturated rings. The van der Waals surface area contributed by atoms with Gasteiger partial charge in [0.2, 0.25) is 0 Å². The molecule has 1 saturated heterocycles. The number of aliphatic hydroxyl groups excluding tert-OH is 1. The van der Waals surface area contributed by atoms with E-state index in [1.807, 2.05) is 37.3 Å². The minimum absolute atomic E-state index is 0.0182. The number of carbonyl (C=O) groups excluding carboxylic acids is 3. The van der Waals surface area contributed by atoms with E-state index in [1.165, 1.54) is 18.2 Å². The highest BCUT2D eigenvalue weighted by atomic mass is 16.6. The Hall–Kier alpha value is -5.03. The van der Waals surface area contributed by atoms with Crippen LogP contribution in [0.25, 0.3) is 0 Å². The first kappa shape index (κ1) is 38.2. The topological polar surface area (TPSA) is 130 Å². The second-order valence-electron chi connectivity index (χ2n) is 13.0. The van der Waals surface area contributed by atoms with Gasteiger partial charge in [-0.05, 0) is 79.1 Å². The predicted octanol–water partition coefficient (Wildman–Crippen LogP) is 8.06. The summed E-state index contributed by atoms with van der Waals surface area (Å²) in [7, 11) is 0. The van der Waals surface area contributed by atoms with Gasteiger partial charge in [0, 0.05) is 26.1 Å². The molecule has 52 heavy (non-hydrogen) atoms. The van der Waals surface area contributed by atoms with Gasteiger partial charge in [-0.15, -0.1) is 0 Å². The fourth-order valence-corrected chi connectivity index (χ4v) is 5.21. The summed E-state index contributed by atoms with van der Waals surface area (Å²) in [5, 5.41) is 10.6. The van der Waals surface area contributed by atoms with E-state index in [0.717, 1.165) is 44.3 Å². The van der Waals surface area contributed by atoms with Gasteiger partial charge in [-0.25, -0.2) is 14.4 Å². The standard InChI is InChI=1S/C42H46O10/c1-3-4-5-9-24-48-34-18-16-33(17-19-34)40(45)52-38-21-20-35(27-36(38)41(46)49-28-30-10-7-6-8-11-30)51-39(44)32-14-12-31(13-15-32)37(43)22-25-47-26-23-42(2)29-50-42/h6-8,10-21,27,37,43H,3-5,9,22-26,28-29H2,1-2H3. The molecule has 0 radical (unpaired) electrons. The Morgan fingerprint density at radius 1 is 0.769 bits per heavy atom. The van der Waals surface area contributed by atoms with Crippen LogP contribution in [0.1, 0.15) is 101 Å². The lowest BCUT2D eigenvalue weighted by Crippen LogP contribution is -2.14. The Labute approximate surface area is 304 Å². The Morgan fingerprint density at radius 3 is 2.13 bits per heavy atom. The van der Waals surface area contributed by atoms with Gasteiger partial charge in [0.25, 0.3) is 0 Å². The molecule has 10 nitrogen and oxygen atoms in total. The summed E-state index contributed by atoms with van der Waals surface area (Å²) in [5.41, 5.74) is 1.74. The summed E-state index contributed by atoms with van der Waals surface area (Å²) < 4.78 is 33.5. The maximum atomic E-state index is 13.3. The van der Waals surface area contributed by atoms with E-state index in [1.54, 1.807) is 48.5 Å². The fourth-order valence-electron chi connectivity index (χ4n) is 5.21. The van der Waals surface area contributed by atoms with Gasteiger partial charge < -0.3 is 33.5 Å². The molecule has 1 heterocycles. The van der Waals surface area contributed by atoms with Crippen molar-refractivity contribution in [1.82, 2.24) is 0 Å². The normalized spacial score (nSPS) is 15.4. The zero-order valence-electron chi connectivity index (χ0n) is 29.7. The van der Waals surface area contributed by atoms with Crippen molar-refractivity contribution < 1.29 is 47.9 Å². The van der Waals surface area contributed by atoms with E-state index in [9.17, 15) is 19.5 Å². The number of hydrogen-bond donors (Lipinski definition) is 1. The van der Waals surface area contributed by atoms with Gasteiger partial charge in [0.05, 0.1) is 36.0 Å². The molecule has 0 saturated carbocycles. The zero-order valence-corrected chi connectivity index (χ0v) is 29.7. The molecule has 1 aliphatic rings. The first-order chi connectivity index (χ1) is 25.2. The Bertz CT molecular complexity index is 1750. The molecule has 2 unspecified atom stereocenters. The van der Waals surface area contributed by atoms with Gasteiger partial charge in [0.1, 0.15) is 29.4 Å². The van der Waals surface area contributed by atoms with Gasteiger partial charge >= 0.3 is 17.9 Å². The van der Waals surface area contributed by atoms with Crippen molar-refractivity contribution in [2.24, 2.45) is 0 Å². The molecule has 5 rings (SSSR count). The highest BCUT2D eigenvalue weighted by molar-refractivity contribution is 5.97. The third-order valence-electron chi connectivity index (χ3n) is 8.63. The van der Waals surface area contributed by atoms with E-state index in [2.05, 4.69) is 6.92 Å². The number of ether oxygens (including phenoxy) is 6. The highest BCUT2D eigenvalue weighted by Gasteiger charge is 2.38. The second-order valence-corrected chi connectivity index (χ2v) is 13.0. The van der Waals surface area contributed by atoms with Gasteiger partial charge in [-0.3, -0.25) is 0 Å². The number of epoxide rings is 1. The average Bonchev–Trinajstić information content (AvgIpc) is 3.91. The van der Waals surface area contributed by atoms with Crippen molar-refractivity contribution in [1.29, 1.82) is 0 Å². The SMILES string of the molecule is CCCCCCOc1ccc(C(=O)Oc2ccc(OC(=O)c3ccc(C(O)CCOCCC4(C)CO4)cc3)cc2C(=O)OCc2ccccc2)cc1. The molecule has 0 amide bonds. The van der Waals surface area contributed by atoms with Crippen molar-refractivity contribution in [2.75, 3.05) is 26.4 Å². The predicted molar refractivity (Wildman–Crippen MR) is 194 cm³/mol. The van der Waals surface area contributed by atoms with Crippen LogP contribution >= 0.6 is 0 Å².